The Balaban J connectivity index is 2.73. The molecule has 25 heavy (non-hydrogen) atoms. The second-order valence-corrected chi connectivity index (χ2v) is 6.12. The van der Waals surface area contributed by atoms with E-state index in [2.05, 4.69) is 5.32 Å². The highest BCUT2D eigenvalue weighted by Gasteiger charge is 2.14. The SMILES string of the molecule is CCNC(=O)/C(C#N)=c1\sc(=Cc2cccc(OC)c2)c(=O)n1CC. The molecule has 1 N–H and O–H groups in total. The molecular weight excluding hydrogens is 338 g/mol. The molecule has 7 heteroatoms. The van der Waals surface area contributed by atoms with E-state index in [1.165, 1.54) is 4.57 Å². The van der Waals surface area contributed by atoms with Crippen LogP contribution in [0, 0.1) is 11.3 Å². The van der Waals surface area contributed by atoms with Crippen LogP contribution >= 0.6 is 11.3 Å². The van der Waals surface area contributed by atoms with Gasteiger partial charge in [0.05, 0.1) is 11.6 Å². The molecular formula is C18H19N3O3S. The molecule has 1 amide bonds. The molecule has 1 heterocycles. The Morgan fingerprint density at radius 2 is 2.20 bits per heavy atom. The molecule has 1 aromatic carbocycles. The van der Waals surface area contributed by atoms with Gasteiger partial charge in [0.15, 0.2) is 5.57 Å². The van der Waals surface area contributed by atoms with Gasteiger partial charge in [0, 0.05) is 13.1 Å². The third-order valence-corrected chi connectivity index (χ3v) is 4.64. The van der Waals surface area contributed by atoms with E-state index in [-0.39, 0.29) is 11.1 Å². The average molecular weight is 357 g/mol. The quantitative estimate of drug-likeness (QED) is 0.848. The summed E-state index contributed by atoms with van der Waals surface area (Å²) in [5, 5.41) is 12.0. The van der Waals surface area contributed by atoms with Crippen LogP contribution in [0.5, 0.6) is 5.75 Å². The van der Waals surface area contributed by atoms with Gasteiger partial charge >= 0.3 is 0 Å². The average Bonchev–Trinajstić information content (AvgIpc) is 2.91. The molecule has 0 bridgehead atoms. The minimum atomic E-state index is -0.471. The van der Waals surface area contributed by atoms with Gasteiger partial charge in [-0.05, 0) is 37.6 Å². The topological polar surface area (TPSA) is 84.1 Å². The number of hydrogen-bond donors (Lipinski definition) is 1. The summed E-state index contributed by atoms with van der Waals surface area (Å²) in [6.45, 7) is 4.37. The largest absolute Gasteiger partial charge is 0.497 e. The summed E-state index contributed by atoms with van der Waals surface area (Å²) >= 11 is 1.14. The fraction of sp³-hybridized carbons (Fsp3) is 0.278. The van der Waals surface area contributed by atoms with Crippen molar-refractivity contribution in [2.45, 2.75) is 20.4 Å². The maximum Gasteiger partial charge on any atom is 0.269 e. The van der Waals surface area contributed by atoms with Crippen molar-refractivity contribution in [1.29, 1.82) is 5.26 Å². The van der Waals surface area contributed by atoms with E-state index in [1.54, 1.807) is 27.0 Å². The van der Waals surface area contributed by atoms with Gasteiger partial charge in [0.25, 0.3) is 11.5 Å². The number of aromatic nitrogens is 1. The summed E-state index contributed by atoms with van der Waals surface area (Å²) in [6.07, 6.45) is 1.73. The molecule has 0 aliphatic rings. The van der Waals surface area contributed by atoms with Crippen LogP contribution in [0.15, 0.2) is 29.1 Å². The smallest absolute Gasteiger partial charge is 0.269 e. The fourth-order valence-corrected chi connectivity index (χ4v) is 3.48. The highest BCUT2D eigenvalue weighted by Crippen LogP contribution is 2.12. The molecule has 6 nitrogen and oxygen atoms in total. The Kier molecular flexibility index (Phi) is 6.14. The second-order valence-electron chi connectivity index (χ2n) is 5.09. The van der Waals surface area contributed by atoms with E-state index >= 15 is 0 Å². The molecule has 0 aliphatic carbocycles. The van der Waals surface area contributed by atoms with E-state index in [4.69, 9.17) is 4.74 Å². The maximum atomic E-state index is 12.6. The standard InChI is InChI=1S/C18H19N3O3S/c1-4-20-16(22)14(11-19)18-21(5-2)17(23)15(25-18)10-12-7-6-8-13(9-12)24-3/h6-10H,4-5H2,1-3H3,(H,20,22)/b15-10?,18-14-. The van der Waals surface area contributed by atoms with Gasteiger partial charge in [-0.3, -0.25) is 14.2 Å². The van der Waals surface area contributed by atoms with Gasteiger partial charge in [0.1, 0.15) is 16.5 Å². The van der Waals surface area contributed by atoms with Gasteiger partial charge in [-0.15, -0.1) is 11.3 Å². The van der Waals surface area contributed by atoms with E-state index in [1.807, 2.05) is 30.3 Å². The molecule has 0 saturated carbocycles. The van der Waals surface area contributed by atoms with Crippen LogP contribution in [0.3, 0.4) is 0 Å². The maximum absolute atomic E-state index is 12.6. The molecule has 0 saturated heterocycles. The monoisotopic (exact) mass is 357 g/mol. The lowest BCUT2D eigenvalue weighted by atomic mass is 10.2. The summed E-state index contributed by atoms with van der Waals surface area (Å²) in [7, 11) is 1.58. The van der Waals surface area contributed by atoms with Crippen molar-refractivity contribution in [3.05, 3.63) is 49.4 Å². The first-order valence-corrected chi connectivity index (χ1v) is 8.65. The number of methoxy groups -OCH3 is 1. The van der Waals surface area contributed by atoms with E-state index in [0.717, 1.165) is 16.9 Å². The van der Waals surface area contributed by atoms with Crippen LogP contribution in [-0.4, -0.2) is 24.1 Å². The lowest BCUT2D eigenvalue weighted by molar-refractivity contribution is -0.115. The number of hydrogen-bond acceptors (Lipinski definition) is 5. The number of nitrogens with one attached hydrogen (secondary N) is 1. The Morgan fingerprint density at radius 1 is 1.44 bits per heavy atom. The summed E-state index contributed by atoms with van der Waals surface area (Å²) in [4.78, 5) is 24.7. The zero-order valence-corrected chi connectivity index (χ0v) is 15.1. The Morgan fingerprint density at radius 3 is 2.80 bits per heavy atom. The molecule has 0 aliphatic heterocycles. The molecule has 0 atom stereocenters. The van der Waals surface area contributed by atoms with Crippen molar-refractivity contribution in [2.75, 3.05) is 13.7 Å². The second kappa shape index (κ2) is 8.31. The van der Waals surface area contributed by atoms with Crippen molar-refractivity contribution in [3.63, 3.8) is 0 Å². The van der Waals surface area contributed by atoms with E-state index < -0.39 is 5.91 Å². The van der Waals surface area contributed by atoms with Gasteiger partial charge in [-0.1, -0.05) is 12.1 Å². The minimum Gasteiger partial charge on any atom is -0.497 e. The number of ether oxygens (including phenoxy) is 1. The summed E-state index contributed by atoms with van der Waals surface area (Å²) in [5.41, 5.74) is 0.544. The molecule has 2 rings (SSSR count). The highest BCUT2D eigenvalue weighted by atomic mass is 32.1. The lowest BCUT2D eigenvalue weighted by Gasteiger charge is -2.00. The van der Waals surface area contributed by atoms with Gasteiger partial charge in [-0.25, -0.2) is 0 Å². The normalized spacial score (nSPS) is 12.5. The number of amides is 1. The zero-order valence-electron chi connectivity index (χ0n) is 14.3. The van der Waals surface area contributed by atoms with E-state index in [9.17, 15) is 14.9 Å². The molecule has 1 aromatic heterocycles. The van der Waals surface area contributed by atoms with Crippen LogP contribution in [0.2, 0.25) is 0 Å². The van der Waals surface area contributed by atoms with Crippen LogP contribution in [0.25, 0.3) is 11.6 Å². The highest BCUT2D eigenvalue weighted by molar-refractivity contribution is 7.07. The number of carbonyl (C=O) groups is 1. The van der Waals surface area contributed by atoms with E-state index in [0.29, 0.717) is 28.0 Å². The Hall–Kier alpha value is -2.85. The molecule has 0 unspecified atom stereocenters. The van der Waals surface area contributed by atoms with Crippen LogP contribution in [0.1, 0.15) is 19.4 Å². The minimum absolute atomic E-state index is 0.0453. The first-order chi connectivity index (χ1) is 12.0. The van der Waals surface area contributed by atoms with Crippen LogP contribution < -0.4 is 24.8 Å². The summed E-state index contributed by atoms with van der Waals surface area (Å²) in [5.74, 6) is 0.217. The summed E-state index contributed by atoms with van der Waals surface area (Å²) in [6, 6.07) is 9.24. The third-order valence-electron chi connectivity index (χ3n) is 3.51. The van der Waals surface area contributed by atoms with Crippen molar-refractivity contribution in [1.82, 2.24) is 9.88 Å². The van der Waals surface area contributed by atoms with Gasteiger partial charge < -0.3 is 10.1 Å². The number of benzene rings is 1. The first kappa shape index (κ1) is 18.5. The van der Waals surface area contributed by atoms with Crippen molar-refractivity contribution in [3.8, 4) is 11.8 Å². The first-order valence-electron chi connectivity index (χ1n) is 7.83. The number of nitrogens with zero attached hydrogens (tertiary/aromatic N) is 2. The molecule has 0 fully saturated rings. The van der Waals surface area contributed by atoms with Gasteiger partial charge in [-0.2, -0.15) is 5.26 Å². The lowest BCUT2D eigenvalue weighted by Crippen LogP contribution is -2.34. The fourth-order valence-electron chi connectivity index (χ4n) is 2.32. The predicted molar refractivity (Wildman–Crippen MR) is 97.8 cm³/mol. The number of thiazole rings is 1. The van der Waals surface area contributed by atoms with Gasteiger partial charge in [0.2, 0.25) is 0 Å². The van der Waals surface area contributed by atoms with Crippen LogP contribution in [-0.2, 0) is 11.3 Å². The molecule has 2 aromatic rings. The van der Waals surface area contributed by atoms with Crippen molar-refractivity contribution < 1.29 is 9.53 Å². The third kappa shape index (κ3) is 3.98. The number of nitriles is 1. The van der Waals surface area contributed by atoms with Crippen molar-refractivity contribution >= 4 is 28.9 Å². The Bertz CT molecular complexity index is 996. The summed E-state index contributed by atoms with van der Waals surface area (Å²) < 4.78 is 7.47. The molecule has 0 spiro atoms. The predicted octanol–water partition coefficient (Wildman–Crippen LogP) is 0.577. The van der Waals surface area contributed by atoms with Crippen LogP contribution in [0.4, 0.5) is 0 Å². The Labute approximate surface area is 149 Å². The number of carbonyl (C=O) groups excluding carboxylic acids is 1. The molecule has 130 valence electrons. The molecule has 0 radical (unpaired) electrons. The number of rotatable bonds is 5. The zero-order chi connectivity index (χ0) is 18.4. The van der Waals surface area contributed by atoms with Crippen molar-refractivity contribution in [2.24, 2.45) is 0 Å².